The minimum absolute atomic E-state index is 0.263. The molecule has 4 nitrogen and oxygen atoms in total. The summed E-state index contributed by atoms with van der Waals surface area (Å²) in [6, 6.07) is 0.818. The number of nitrogens with one attached hydrogen (secondary N) is 2. The molecule has 0 aliphatic heterocycles. The van der Waals surface area contributed by atoms with Gasteiger partial charge in [0.1, 0.15) is 5.60 Å². The van der Waals surface area contributed by atoms with Gasteiger partial charge in [-0.05, 0) is 71.3 Å². The van der Waals surface area contributed by atoms with Gasteiger partial charge in [-0.1, -0.05) is 19.8 Å². The van der Waals surface area contributed by atoms with Crippen molar-refractivity contribution in [2.75, 3.05) is 6.54 Å². The number of hydrogen-bond acceptors (Lipinski definition) is 3. The third-order valence-corrected chi connectivity index (χ3v) is 4.98. The van der Waals surface area contributed by atoms with E-state index in [0.717, 1.165) is 37.6 Å². The smallest absolute Gasteiger partial charge is 0.407 e. The highest BCUT2D eigenvalue weighted by molar-refractivity contribution is 5.68. The second-order valence-electron chi connectivity index (χ2n) is 8.39. The van der Waals surface area contributed by atoms with E-state index in [1.165, 1.54) is 25.7 Å². The molecule has 4 heteroatoms. The summed E-state index contributed by atoms with van der Waals surface area (Å²) in [4.78, 5) is 11.8. The van der Waals surface area contributed by atoms with E-state index in [0.29, 0.717) is 6.04 Å². The summed E-state index contributed by atoms with van der Waals surface area (Å²) in [5, 5.41) is 6.73. The van der Waals surface area contributed by atoms with E-state index >= 15 is 0 Å². The Bertz CT molecular complexity index is 357. The molecule has 0 aromatic carbocycles. The van der Waals surface area contributed by atoms with Crippen LogP contribution in [0.15, 0.2) is 0 Å². The molecule has 2 unspecified atom stereocenters. The monoisotopic (exact) mass is 310 g/mol. The van der Waals surface area contributed by atoms with Crippen molar-refractivity contribution in [1.29, 1.82) is 0 Å². The average Bonchev–Trinajstić information content (AvgIpc) is 2.83. The van der Waals surface area contributed by atoms with E-state index in [2.05, 4.69) is 17.6 Å². The lowest BCUT2D eigenvalue weighted by molar-refractivity contribution is 0.0505. The molecule has 0 spiro atoms. The van der Waals surface area contributed by atoms with Gasteiger partial charge in [-0.3, -0.25) is 0 Å². The standard InChI is InChI=1S/C18H34N2O2/c1-13-5-7-14(8-6-13)12-19-15-9-10-16(11-15)20-17(21)22-18(2,3)4/h13-16,19H,5-12H2,1-4H3,(H,20,21). The number of rotatable bonds is 4. The fourth-order valence-electron chi connectivity index (χ4n) is 3.64. The molecule has 0 aromatic heterocycles. The second-order valence-corrected chi connectivity index (χ2v) is 8.39. The zero-order valence-electron chi connectivity index (χ0n) is 14.8. The molecule has 2 saturated carbocycles. The number of carbonyl (C=O) groups is 1. The van der Waals surface area contributed by atoms with Crippen molar-refractivity contribution in [3.05, 3.63) is 0 Å². The molecular weight excluding hydrogens is 276 g/mol. The van der Waals surface area contributed by atoms with Gasteiger partial charge in [-0.25, -0.2) is 4.79 Å². The van der Waals surface area contributed by atoms with Crippen molar-refractivity contribution in [1.82, 2.24) is 10.6 Å². The van der Waals surface area contributed by atoms with E-state index in [1.807, 2.05) is 20.8 Å². The van der Waals surface area contributed by atoms with Crippen LogP contribution in [-0.4, -0.2) is 30.3 Å². The molecule has 2 aliphatic carbocycles. The van der Waals surface area contributed by atoms with Crippen molar-refractivity contribution in [2.24, 2.45) is 11.8 Å². The van der Waals surface area contributed by atoms with Gasteiger partial charge in [0.25, 0.3) is 0 Å². The van der Waals surface area contributed by atoms with Gasteiger partial charge in [-0.15, -0.1) is 0 Å². The van der Waals surface area contributed by atoms with Gasteiger partial charge in [0, 0.05) is 12.1 Å². The third-order valence-electron chi connectivity index (χ3n) is 4.98. The summed E-state index contributed by atoms with van der Waals surface area (Å²) in [5.41, 5.74) is -0.418. The fourth-order valence-corrected chi connectivity index (χ4v) is 3.64. The molecule has 0 saturated heterocycles. The molecular formula is C18H34N2O2. The maximum atomic E-state index is 11.8. The first-order chi connectivity index (χ1) is 10.3. The molecule has 1 amide bonds. The maximum Gasteiger partial charge on any atom is 0.407 e. The first kappa shape index (κ1) is 17.6. The van der Waals surface area contributed by atoms with Crippen LogP contribution in [0.1, 0.15) is 72.6 Å². The Hall–Kier alpha value is -0.770. The first-order valence-electron chi connectivity index (χ1n) is 9.04. The van der Waals surface area contributed by atoms with Crippen LogP contribution < -0.4 is 10.6 Å². The highest BCUT2D eigenvalue weighted by Gasteiger charge is 2.28. The SMILES string of the molecule is CC1CCC(CNC2CCC(NC(=O)OC(C)(C)C)C2)CC1. The van der Waals surface area contributed by atoms with Crippen LogP contribution in [0.25, 0.3) is 0 Å². The van der Waals surface area contributed by atoms with Gasteiger partial charge < -0.3 is 15.4 Å². The Morgan fingerprint density at radius 1 is 1.05 bits per heavy atom. The number of amides is 1. The van der Waals surface area contributed by atoms with Crippen LogP contribution in [0.3, 0.4) is 0 Å². The molecule has 2 fully saturated rings. The first-order valence-corrected chi connectivity index (χ1v) is 9.04. The van der Waals surface area contributed by atoms with Crippen molar-refractivity contribution >= 4 is 6.09 Å². The summed E-state index contributed by atoms with van der Waals surface area (Å²) >= 11 is 0. The quantitative estimate of drug-likeness (QED) is 0.829. The normalized spacial score (nSPS) is 32.7. The van der Waals surface area contributed by atoms with Crippen LogP contribution >= 0.6 is 0 Å². The Labute approximate surface area is 135 Å². The van der Waals surface area contributed by atoms with Crippen LogP contribution in [0, 0.1) is 11.8 Å². The molecule has 0 bridgehead atoms. The van der Waals surface area contributed by atoms with Gasteiger partial charge in [0.15, 0.2) is 0 Å². The number of hydrogen-bond donors (Lipinski definition) is 2. The highest BCUT2D eigenvalue weighted by atomic mass is 16.6. The predicted molar refractivity (Wildman–Crippen MR) is 89.9 cm³/mol. The fraction of sp³-hybridized carbons (Fsp3) is 0.944. The van der Waals surface area contributed by atoms with E-state index in [4.69, 9.17) is 4.74 Å². The van der Waals surface area contributed by atoms with Crippen LogP contribution in [-0.2, 0) is 4.74 Å². The summed E-state index contributed by atoms with van der Waals surface area (Å²) in [7, 11) is 0. The Kier molecular flexibility index (Phi) is 6.13. The molecule has 0 heterocycles. The summed E-state index contributed by atoms with van der Waals surface area (Å²) in [5.74, 6) is 1.78. The summed E-state index contributed by atoms with van der Waals surface area (Å²) in [6.07, 6.45) is 8.49. The predicted octanol–water partition coefficient (Wildman–Crippen LogP) is 3.85. The highest BCUT2D eigenvalue weighted by Crippen LogP contribution is 2.28. The van der Waals surface area contributed by atoms with E-state index in [-0.39, 0.29) is 12.1 Å². The zero-order chi connectivity index (χ0) is 16.2. The largest absolute Gasteiger partial charge is 0.444 e. The van der Waals surface area contributed by atoms with E-state index in [9.17, 15) is 4.79 Å². The molecule has 2 rings (SSSR count). The maximum absolute atomic E-state index is 11.8. The van der Waals surface area contributed by atoms with E-state index < -0.39 is 5.60 Å². The lowest BCUT2D eigenvalue weighted by Gasteiger charge is -2.27. The molecule has 0 aromatic rings. The Morgan fingerprint density at radius 2 is 1.68 bits per heavy atom. The minimum atomic E-state index is -0.418. The topological polar surface area (TPSA) is 50.4 Å². The molecule has 128 valence electrons. The van der Waals surface area contributed by atoms with E-state index in [1.54, 1.807) is 0 Å². The Morgan fingerprint density at radius 3 is 2.32 bits per heavy atom. The van der Waals surface area contributed by atoms with Gasteiger partial charge in [-0.2, -0.15) is 0 Å². The van der Waals surface area contributed by atoms with Crippen LogP contribution in [0.2, 0.25) is 0 Å². The lowest BCUT2D eigenvalue weighted by Crippen LogP contribution is -2.39. The van der Waals surface area contributed by atoms with Crippen molar-refractivity contribution in [2.45, 2.75) is 90.3 Å². The molecule has 2 aliphatic rings. The van der Waals surface area contributed by atoms with Gasteiger partial charge in [0.2, 0.25) is 0 Å². The summed E-state index contributed by atoms with van der Waals surface area (Å²) in [6.45, 7) is 9.22. The summed E-state index contributed by atoms with van der Waals surface area (Å²) < 4.78 is 5.33. The minimum Gasteiger partial charge on any atom is -0.444 e. The third kappa shape index (κ3) is 6.15. The number of carbonyl (C=O) groups excluding carboxylic acids is 1. The van der Waals surface area contributed by atoms with Crippen LogP contribution in [0.5, 0.6) is 0 Å². The van der Waals surface area contributed by atoms with Crippen LogP contribution in [0.4, 0.5) is 4.79 Å². The van der Waals surface area contributed by atoms with Crippen molar-refractivity contribution in [3.8, 4) is 0 Å². The van der Waals surface area contributed by atoms with Gasteiger partial charge >= 0.3 is 6.09 Å². The second kappa shape index (κ2) is 7.67. The molecule has 0 radical (unpaired) electrons. The lowest BCUT2D eigenvalue weighted by atomic mass is 9.83. The number of alkyl carbamates (subject to hydrolysis) is 1. The van der Waals surface area contributed by atoms with Gasteiger partial charge in [0.05, 0.1) is 0 Å². The number of ether oxygens (including phenoxy) is 1. The molecule has 2 atom stereocenters. The molecule has 2 N–H and O–H groups in total. The van der Waals surface area contributed by atoms with Crippen molar-refractivity contribution in [3.63, 3.8) is 0 Å². The molecule has 22 heavy (non-hydrogen) atoms. The Balaban J connectivity index is 1.62. The average molecular weight is 310 g/mol. The zero-order valence-corrected chi connectivity index (χ0v) is 14.8. The van der Waals surface area contributed by atoms with Crippen molar-refractivity contribution < 1.29 is 9.53 Å².